The lowest BCUT2D eigenvalue weighted by Gasteiger charge is -2.29. The number of pyridine rings is 1. The number of carbonyl (C=O) groups is 1. The molecule has 8 heteroatoms. The molecule has 1 fully saturated rings. The highest BCUT2D eigenvalue weighted by molar-refractivity contribution is 6.10. The minimum absolute atomic E-state index is 0.168. The molecule has 1 aliphatic rings. The molecule has 1 saturated heterocycles. The van der Waals surface area contributed by atoms with Gasteiger partial charge in [0.25, 0.3) is 11.5 Å². The number of rotatable bonds is 6. The van der Waals surface area contributed by atoms with Crippen LogP contribution < -0.4 is 20.5 Å². The van der Waals surface area contributed by atoms with Gasteiger partial charge in [-0.05, 0) is 75.1 Å². The summed E-state index contributed by atoms with van der Waals surface area (Å²) in [6.07, 6.45) is 6.14. The lowest BCUT2D eigenvalue weighted by Crippen LogP contribution is -2.33. The van der Waals surface area contributed by atoms with Crippen LogP contribution in [0.15, 0.2) is 53.0 Å². The van der Waals surface area contributed by atoms with Crippen LogP contribution in [0.25, 0.3) is 11.7 Å². The van der Waals surface area contributed by atoms with Crippen LogP contribution in [-0.2, 0) is 4.79 Å². The first kappa shape index (κ1) is 23.1. The maximum absolute atomic E-state index is 13.5. The van der Waals surface area contributed by atoms with Gasteiger partial charge in [0.05, 0.1) is 12.2 Å². The van der Waals surface area contributed by atoms with Gasteiger partial charge in [-0.3, -0.25) is 14.0 Å². The summed E-state index contributed by atoms with van der Waals surface area (Å²) in [5.74, 6) is 0.610. The fourth-order valence-electron chi connectivity index (χ4n) is 4.07. The molecule has 0 saturated carbocycles. The fraction of sp³-hybridized carbons (Fsp3) is 0.308. The van der Waals surface area contributed by atoms with Crippen LogP contribution >= 0.6 is 0 Å². The van der Waals surface area contributed by atoms with Crippen LogP contribution in [0.3, 0.4) is 0 Å². The first-order valence-corrected chi connectivity index (χ1v) is 11.4. The maximum Gasteiger partial charge on any atom is 0.267 e. The number of nitrogens with one attached hydrogen (secondary N) is 1. The average Bonchev–Trinajstić information content (AvgIpc) is 2.85. The number of hydrogen-bond donors (Lipinski definition) is 1. The summed E-state index contributed by atoms with van der Waals surface area (Å²) in [5, 5.41) is 12.5. The van der Waals surface area contributed by atoms with Crippen molar-refractivity contribution in [3.63, 3.8) is 0 Å². The molecule has 0 radical (unpaired) electrons. The third kappa shape index (κ3) is 4.79. The van der Waals surface area contributed by atoms with Crippen molar-refractivity contribution in [2.75, 3.05) is 29.9 Å². The fourth-order valence-corrected chi connectivity index (χ4v) is 4.07. The smallest absolute Gasteiger partial charge is 0.267 e. The number of fused-ring (bicyclic) bond motifs is 1. The van der Waals surface area contributed by atoms with E-state index in [4.69, 9.17) is 9.72 Å². The number of amides is 1. The van der Waals surface area contributed by atoms with Crippen LogP contribution in [0.2, 0.25) is 0 Å². The lowest BCUT2D eigenvalue weighted by molar-refractivity contribution is -0.112. The molecule has 0 spiro atoms. The van der Waals surface area contributed by atoms with Crippen molar-refractivity contribution in [1.29, 1.82) is 5.26 Å². The summed E-state index contributed by atoms with van der Waals surface area (Å²) in [5.41, 5.74) is 1.73. The second-order valence-corrected chi connectivity index (χ2v) is 8.17. The third-order valence-corrected chi connectivity index (χ3v) is 5.80. The summed E-state index contributed by atoms with van der Waals surface area (Å²) >= 11 is 0. The van der Waals surface area contributed by atoms with E-state index >= 15 is 0 Å². The molecule has 0 atom stereocenters. The number of carbonyl (C=O) groups excluding carboxylic acids is 1. The van der Waals surface area contributed by atoms with Crippen molar-refractivity contribution in [2.24, 2.45) is 0 Å². The van der Waals surface area contributed by atoms with E-state index in [0.29, 0.717) is 29.5 Å². The predicted molar refractivity (Wildman–Crippen MR) is 132 cm³/mol. The molecule has 34 heavy (non-hydrogen) atoms. The second kappa shape index (κ2) is 10.2. The molecule has 0 aliphatic carbocycles. The molecule has 8 nitrogen and oxygen atoms in total. The highest BCUT2D eigenvalue weighted by Crippen LogP contribution is 2.24. The van der Waals surface area contributed by atoms with Gasteiger partial charge in [-0.25, -0.2) is 4.98 Å². The van der Waals surface area contributed by atoms with Crippen molar-refractivity contribution < 1.29 is 9.53 Å². The minimum atomic E-state index is -0.593. The quantitative estimate of drug-likeness (QED) is 0.445. The minimum Gasteiger partial charge on any atom is -0.494 e. The number of aromatic nitrogens is 2. The van der Waals surface area contributed by atoms with E-state index < -0.39 is 5.91 Å². The molecule has 1 aromatic carbocycles. The number of nitriles is 1. The van der Waals surface area contributed by atoms with E-state index in [2.05, 4.69) is 10.2 Å². The number of ether oxygens (including phenoxy) is 1. The highest BCUT2D eigenvalue weighted by Gasteiger charge is 2.21. The topological polar surface area (TPSA) is 99.7 Å². The lowest BCUT2D eigenvalue weighted by atomic mass is 10.1. The molecule has 1 aliphatic heterocycles. The van der Waals surface area contributed by atoms with Gasteiger partial charge in [-0.1, -0.05) is 6.07 Å². The van der Waals surface area contributed by atoms with E-state index in [1.165, 1.54) is 10.5 Å². The SMILES string of the molecule is CCOc1ccc(NC(=O)C(C#N)=Cc2c(N3CCCCC3)nc3c(C)cccn3c2=O)cc1. The zero-order valence-corrected chi connectivity index (χ0v) is 19.4. The Bertz CT molecular complexity index is 1330. The molecule has 0 unspecified atom stereocenters. The molecule has 1 amide bonds. The Hall–Kier alpha value is -4.12. The van der Waals surface area contributed by atoms with Crippen LogP contribution in [0.1, 0.15) is 37.3 Å². The van der Waals surface area contributed by atoms with Crippen molar-refractivity contribution in [2.45, 2.75) is 33.1 Å². The molecule has 4 rings (SSSR count). The Kier molecular flexibility index (Phi) is 6.93. The first-order chi connectivity index (χ1) is 16.5. The van der Waals surface area contributed by atoms with Crippen LogP contribution in [0.5, 0.6) is 5.75 Å². The number of piperidine rings is 1. The number of anilines is 2. The summed E-state index contributed by atoms with van der Waals surface area (Å²) in [6.45, 7) is 5.89. The molecule has 174 valence electrons. The molecule has 1 N–H and O–H groups in total. The van der Waals surface area contributed by atoms with Crippen LogP contribution in [-0.4, -0.2) is 35.0 Å². The Morgan fingerprint density at radius 3 is 2.62 bits per heavy atom. The zero-order chi connectivity index (χ0) is 24.1. The molecule has 3 heterocycles. The van der Waals surface area contributed by atoms with Crippen LogP contribution in [0, 0.1) is 18.3 Å². The third-order valence-electron chi connectivity index (χ3n) is 5.80. The monoisotopic (exact) mass is 457 g/mol. The number of nitrogens with zero attached hydrogens (tertiary/aromatic N) is 4. The second-order valence-electron chi connectivity index (χ2n) is 8.17. The van der Waals surface area contributed by atoms with E-state index in [-0.39, 0.29) is 16.7 Å². The van der Waals surface area contributed by atoms with Gasteiger partial charge in [0.1, 0.15) is 28.9 Å². The molecular formula is C26H27N5O3. The summed E-state index contributed by atoms with van der Waals surface area (Å²) in [7, 11) is 0. The van der Waals surface area contributed by atoms with Gasteiger partial charge in [-0.15, -0.1) is 0 Å². The van der Waals surface area contributed by atoms with Gasteiger partial charge < -0.3 is 15.0 Å². The Morgan fingerprint density at radius 2 is 1.94 bits per heavy atom. The summed E-state index contributed by atoms with van der Waals surface area (Å²) < 4.78 is 6.88. The van der Waals surface area contributed by atoms with Gasteiger partial charge in [0, 0.05) is 25.0 Å². The van der Waals surface area contributed by atoms with E-state index in [1.54, 1.807) is 36.5 Å². The normalized spacial score (nSPS) is 14.0. The Balaban J connectivity index is 1.75. The van der Waals surface area contributed by atoms with Crippen molar-refractivity contribution in [3.8, 4) is 11.8 Å². The van der Waals surface area contributed by atoms with Crippen LogP contribution in [0.4, 0.5) is 11.5 Å². The summed E-state index contributed by atoms with van der Waals surface area (Å²) in [4.78, 5) is 33.2. The van der Waals surface area contributed by atoms with Gasteiger partial charge in [0.15, 0.2) is 0 Å². The number of aryl methyl sites for hydroxylation is 1. The highest BCUT2D eigenvalue weighted by atomic mass is 16.5. The van der Waals surface area contributed by atoms with Gasteiger partial charge >= 0.3 is 0 Å². The largest absolute Gasteiger partial charge is 0.494 e. The van der Waals surface area contributed by atoms with Gasteiger partial charge in [-0.2, -0.15) is 5.26 Å². The molecule has 3 aromatic rings. The molecular weight excluding hydrogens is 430 g/mol. The van der Waals surface area contributed by atoms with E-state index in [9.17, 15) is 14.9 Å². The Labute approximate surface area is 198 Å². The zero-order valence-electron chi connectivity index (χ0n) is 19.4. The number of hydrogen-bond acceptors (Lipinski definition) is 6. The van der Waals surface area contributed by atoms with Gasteiger partial charge in [0.2, 0.25) is 0 Å². The molecule has 0 bridgehead atoms. The average molecular weight is 458 g/mol. The maximum atomic E-state index is 13.5. The van der Waals surface area contributed by atoms with Crippen molar-refractivity contribution in [1.82, 2.24) is 9.38 Å². The molecule has 2 aromatic heterocycles. The van der Waals surface area contributed by atoms with Crippen molar-refractivity contribution in [3.05, 3.63) is 69.6 Å². The predicted octanol–water partition coefficient (Wildman–Crippen LogP) is 3.94. The number of benzene rings is 1. The van der Waals surface area contributed by atoms with E-state index in [0.717, 1.165) is 37.9 Å². The summed E-state index contributed by atoms with van der Waals surface area (Å²) in [6, 6.07) is 12.5. The Morgan fingerprint density at radius 1 is 1.21 bits per heavy atom. The standard InChI is InChI=1S/C26H27N5O3/c1-3-34-21-11-9-20(10-12-21)28-25(32)19(17-27)16-22-24(30-13-5-4-6-14-30)29-23-18(2)8-7-15-31(23)26(22)33/h7-12,15-16H,3-6,13-14H2,1-2H3,(H,28,32). The van der Waals surface area contributed by atoms with E-state index in [1.807, 2.05) is 26.0 Å². The van der Waals surface area contributed by atoms with Crippen molar-refractivity contribution >= 4 is 29.1 Å². The first-order valence-electron chi connectivity index (χ1n) is 11.4.